The number of fused-ring (bicyclic) bond motifs is 1. The molecule has 2 aliphatic rings. The smallest absolute Gasteiger partial charge is 0.276 e. The molecule has 0 radical (unpaired) electrons. The standard InChI is InChI=1S/C23H25FN6O2/c1-14-11-29(12-15-2-3-19(24)17(8-15)9-25)13-18(14)21-27-23(31)20-10-26-22(30(20)28-21)16-4-6-32-7-5-16/h2-3,8,10,14,16,18H,4-7,11-13H2,1H3,(H,27,28,31). The van der Waals surface area contributed by atoms with Gasteiger partial charge in [-0.1, -0.05) is 13.0 Å². The van der Waals surface area contributed by atoms with Gasteiger partial charge in [-0.05, 0) is 36.5 Å². The van der Waals surface area contributed by atoms with Gasteiger partial charge in [0.15, 0.2) is 5.52 Å². The van der Waals surface area contributed by atoms with Gasteiger partial charge in [-0.2, -0.15) is 10.4 Å². The number of benzene rings is 1. The van der Waals surface area contributed by atoms with Gasteiger partial charge in [-0.25, -0.2) is 13.9 Å². The minimum Gasteiger partial charge on any atom is -0.381 e. The second kappa shape index (κ2) is 8.45. The van der Waals surface area contributed by atoms with E-state index in [1.54, 1.807) is 22.8 Å². The van der Waals surface area contributed by atoms with E-state index in [9.17, 15) is 9.18 Å². The van der Waals surface area contributed by atoms with E-state index in [-0.39, 0.29) is 28.9 Å². The van der Waals surface area contributed by atoms with Crippen LogP contribution in [0.3, 0.4) is 0 Å². The van der Waals surface area contributed by atoms with Crippen LogP contribution in [0.15, 0.2) is 29.2 Å². The van der Waals surface area contributed by atoms with Gasteiger partial charge in [0.2, 0.25) is 0 Å². The molecule has 32 heavy (non-hydrogen) atoms. The normalized spacial score (nSPS) is 22.4. The Bertz CT molecular complexity index is 1240. The molecule has 0 amide bonds. The highest BCUT2D eigenvalue weighted by Gasteiger charge is 2.33. The Morgan fingerprint density at radius 2 is 2.12 bits per heavy atom. The number of ether oxygens (including phenoxy) is 1. The predicted octanol–water partition coefficient (Wildman–Crippen LogP) is 2.56. The summed E-state index contributed by atoms with van der Waals surface area (Å²) in [6.45, 7) is 5.69. The van der Waals surface area contributed by atoms with Crippen molar-refractivity contribution in [3.05, 3.63) is 63.3 Å². The number of nitriles is 1. The zero-order valence-electron chi connectivity index (χ0n) is 17.9. The lowest BCUT2D eigenvalue weighted by molar-refractivity contribution is 0.0832. The quantitative estimate of drug-likeness (QED) is 0.675. The van der Waals surface area contributed by atoms with Crippen LogP contribution < -0.4 is 5.56 Å². The molecular weight excluding hydrogens is 411 g/mol. The third kappa shape index (κ3) is 3.80. The van der Waals surface area contributed by atoms with Crippen LogP contribution in [0.5, 0.6) is 0 Å². The van der Waals surface area contributed by atoms with Crippen molar-refractivity contribution >= 4 is 5.52 Å². The van der Waals surface area contributed by atoms with Gasteiger partial charge in [-0.15, -0.1) is 0 Å². The predicted molar refractivity (Wildman–Crippen MR) is 115 cm³/mol. The van der Waals surface area contributed by atoms with Crippen molar-refractivity contribution in [2.45, 2.75) is 38.1 Å². The lowest BCUT2D eigenvalue weighted by Crippen LogP contribution is -2.24. The number of likely N-dealkylation sites (tertiary alicyclic amines) is 1. The number of imidazole rings is 1. The van der Waals surface area contributed by atoms with Crippen molar-refractivity contribution in [3.63, 3.8) is 0 Å². The largest absolute Gasteiger partial charge is 0.381 e. The topological polar surface area (TPSA) is 99.3 Å². The van der Waals surface area contributed by atoms with E-state index in [1.165, 1.54) is 6.07 Å². The van der Waals surface area contributed by atoms with Crippen molar-refractivity contribution < 1.29 is 9.13 Å². The number of aromatic amines is 1. The molecule has 9 heteroatoms. The maximum absolute atomic E-state index is 13.6. The van der Waals surface area contributed by atoms with E-state index in [0.29, 0.717) is 31.1 Å². The Hall–Kier alpha value is -3.09. The fourth-order valence-corrected chi connectivity index (χ4v) is 4.90. The van der Waals surface area contributed by atoms with E-state index in [1.807, 2.05) is 6.07 Å². The zero-order chi connectivity index (χ0) is 22.2. The molecule has 3 aromatic rings. The number of hydrogen-bond donors (Lipinski definition) is 1. The minimum atomic E-state index is -0.500. The molecule has 8 nitrogen and oxygen atoms in total. The molecule has 166 valence electrons. The van der Waals surface area contributed by atoms with Gasteiger partial charge in [0.1, 0.15) is 23.5 Å². The lowest BCUT2D eigenvalue weighted by atomic mass is 9.97. The van der Waals surface area contributed by atoms with Gasteiger partial charge in [0, 0.05) is 44.7 Å². The monoisotopic (exact) mass is 436 g/mol. The molecule has 2 aromatic heterocycles. The average Bonchev–Trinajstić information content (AvgIpc) is 3.39. The van der Waals surface area contributed by atoms with Crippen molar-refractivity contribution in [3.8, 4) is 6.07 Å². The van der Waals surface area contributed by atoms with Crippen LogP contribution in [-0.2, 0) is 11.3 Å². The molecule has 0 saturated carbocycles. The van der Waals surface area contributed by atoms with Crippen molar-refractivity contribution in [2.24, 2.45) is 5.92 Å². The Labute approximate surface area is 184 Å². The summed E-state index contributed by atoms with van der Waals surface area (Å²) in [4.78, 5) is 22.5. The van der Waals surface area contributed by atoms with Crippen LogP contribution in [0, 0.1) is 23.1 Å². The SMILES string of the molecule is CC1CN(Cc2ccc(F)c(C#N)c2)CC1c1nn2c(C3CCOCC3)ncc2c(=O)[nH]1. The number of hydrogen-bond acceptors (Lipinski definition) is 6. The van der Waals surface area contributed by atoms with Gasteiger partial charge in [0.25, 0.3) is 5.56 Å². The number of H-pyrrole nitrogens is 1. The number of nitrogens with zero attached hydrogens (tertiary/aromatic N) is 5. The highest BCUT2D eigenvalue weighted by Crippen LogP contribution is 2.32. The number of nitrogens with one attached hydrogen (secondary N) is 1. The van der Waals surface area contributed by atoms with E-state index in [4.69, 9.17) is 15.1 Å². The maximum Gasteiger partial charge on any atom is 0.276 e. The summed E-state index contributed by atoms with van der Waals surface area (Å²) >= 11 is 0. The highest BCUT2D eigenvalue weighted by atomic mass is 19.1. The summed E-state index contributed by atoms with van der Waals surface area (Å²) in [5, 5.41) is 13.9. The average molecular weight is 436 g/mol. The maximum atomic E-state index is 13.6. The molecule has 4 heterocycles. The summed E-state index contributed by atoms with van der Waals surface area (Å²) in [6, 6.07) is 6.56. The second-order valence-corrected chi connectivity index (χ2v) is 8.84. The molecule has 1 N–H and O–H groups in total. The van der Waals surface area contributed by atoms with E-state index in [0.717, 1.165) is 37.3 Å². The summed E-state index contributed by atoms with van der Waals surface area (Å²) < 4.78 is 20.8. The summed E-state index contributed by atoms with van der Waals surface area (Å²) in [7, 11) is 0. The van der Waals surface area contributed by atoms with Crippen LogP contribution in [0.4, 0.5) is 4.39 Å². The molecule has 2 unspecified atom stereocenters. The minimum absolute atomic E-state index is 0.0588. The fraction of sp³-hybridized carbons (Fsp3) is 0.478. The molecule has 0 spiro atoms. The number of aromatic nitrogens is 4. The third-order valence-corrected chi connectivity index (χ3v) is 6.63. The molecule has 0 aliphatic carbocycles. The first kappa shape index (κ1) is 20.8. The van der Waals surface area contributed by atoms with Gasteiger partial charge in [0.05, 0.1) is 11.8 Å². The third-order valence-electron chi connectivity index (χ3n) is 6.63. The van der Waals surface area contributed by atoms with Gasteiger partial charge in [-0.3, -0.25) is 9.69 Å². The molecule has 0 bridgehead atoms. The number of rotatable bonds is 4. The van der Waals surface area contributed by atoms with Crippen LogP contribution in [0.2, 0.25) is 0 Å². The van der Waals surface area contributed by atoms with Crippen molar-refractivity contribution in [1.82, 2.24) is 24.5 Å². The molecule has 5 rings (SSSR count). The van der Waals surface area contributed by atoms with Crippen LogP contribution in [-0.4, -0.2) is 50.8 Å². The Morgan fingerprint density at radius 1 is 1.31 bits per heavy atom. The van der Waals surface area contributed by atoms with Crippen LogP contribution in [0.1, 0.15) is 54.4 Å². The van der Waals surface area contributed by atoms with Gasteiger partial charge < -0.3 is 9.72 Å². The first-order valence-electron chi connectivity index (χ1n) is 11.0. The Balaban J connectivity index is 1.40. The van der Waals surface area contributed by atoms with E-state index >= 15 is 0 Å². The first-order valence-corrected chi connectivity index (χ1v) is 11.0. The second-order valence-electron chi connectivity index (χ2n) is 8.84. The fourth-order valence-electron chi connectivity index (χ4n) is 4.90. The van der Waals surface area contributed by atoms with Crippen LogP contribution >= 0.6 is 0 Å². The molecule has 2 atom stereocenters. The molecule has 2 fully saturated rings. The molecule has 2 saturated heterocycles. The molecule has 2 aliphatic heterocycles. The Morgan fingerprint density at radius 3 is 2.91 bits per heavy atom. The number of halogens is 1. The lowest BCUT2D eigenvalue weighted by Gasteiger charge is -2.21. The van der Waals surface area contributed by atoms with Gasteiger partial charge >= 0.3 is 0 Å². The van der Waals surface area contributed by atoms with Crippen LogP contribution in [0.25, 0.3) is 5.52 Å². The Kier molecular flexibility index (Phi) is 5.49. The van der Waals surface area contributed by atoms with Crippen molar-refractivity contribution in [1.29, 1.82) is 5.26 Å². The molecule has 1 aromatic carbocycles. The summed E-state index contributed by atoms with van der Waals surface area (Å²) in [6.07, 6.45) is 3.35. The zero-order valence-corrected chi connectivity index (χ0v) is 17.9. The van der Waals surface area contributed by atoms with E-state index in [2.05, 4.69) is 21.8 Å². The van der Waals surface area contributed by atoms with E-state index < -0.39 is 5.82 Å². The van der Waals surface area contributed by atoms with Crippen molar-refractivity contribution in [2.75, 3.05) is 26.3 Å². The first-order chi connectivity index (χ1) is 15.5. The highest BCUT2D eigenvalue weighted by molar-refractivity contribution is 5.42. The molecular formula is C23H25FN6O2. The summed E-state index contributed by atoms with van der Waals surface area (Å²) in [5.74, 6) is 1.57. The summed E-state index contributed by atoms with van der Waals surface area (Å²) in [5.41, 5.74) is 1.24.